The fourth-order valence-corrected chi connectivity index (χ4v) is 6.47. The highest BCUT2D eigenvalue weighted by Crippen LogP contribution is 2.52. The van der Waals surface area contributed by atoms with Crippen LogP contribution in [0.1, 0.15) is 23.6 Å². The van der Waals surface area contributed by atoms with Crippen molar-refractivity contribution in [3.05, 3.63) is 59.7 Å². The molecule has 2 aliphatic rings. The molecule has 0 aliphatic carbocycles. The number of sulfone groups is 1. The predicted octanol–water partition coefficient (Wildman–Crippen LogP) is 2.14. The third-order valence-electron chi connectivity index (χ3n) is 7.30. The summed E-state index contributed by atoms with van der Waals surface area (Å²) in [6.07, 6.45) is 2.94. The average molecular weight is 577 g/mol. The van der Waals surface area contributed by atoms with Crippen LogP contribution < -0.4 is 14.8 Å². The number of imide groups is 1. The summed E-state index contributed by atoms with van der Waals surface area (Å²) in [5.74, 6) is -4.06. The first-order chi connectivity index (χ1) is 18.5. The number of carbonyl (C=O) groups is 3. The molecular weight excluding hydrogens is 544 g/mol. The van der Waals surface area contributed by atoms with Gasteiger partial charge in [0.05, 0.1) is 24.7 Å². The number of benzene rings is 2. The zero-order valence-electron chi connectivity index (χ0n) is 22.0. The van der Waals surface area contributed by atoms with Crippen molar-refractivity contribution in [2.45, 2.75) is 24.6 Å². The van der Waals surface area contributed by atoms with Crippen molar-refractivity contribution in [2.75, 3.05) is 37.7 Å². The van der Waals surface area contributed by atoms with Gasteiger partial charge in [0.15, 0.2) is 11.5 Å². The highest BCUT2D eigenvalue weighted by Gasteiger charge is 2.68. The topological polar surface area (TPSA) is 139 Å². The van der Waals surface area contributed by atoms with E-state index in [1.54, 1.807) is 18.2 Å². The molecule has 4 unspecified atom stereocenters. The highest BCUT2D eigenvalue weighted by atomic mass is 32.2. The lowest BCUT2D eigenvalue weighted by molar-refractivity contribution is -0.151. The molecule has 4 rings (SSSR count). The van der Waals surface area contributed by atoms with Crippen molar-refractivity contribution in [3.8, 4) is 11.5 Å². The van der Waals surface area contributed by atoms with E-state index in [-0.39, 0.29) is 19.6 Å². The molecule has 0 spiro atoms. The number of methoxy groups -OCH3 is 1. The summed E-state index contributed by atoms with van der Waals surface area (Å²) in [7, 11) is -1.99. The number of hydrogen-bond acceptors (Lipinski definition) is 9. The highest BCUT2D eigenvalue weighted by molar-refractivity contribution is 7.98. The van der Waals surface area contributed by atoms with Crippen molar-refractivity contribution in [1.29, 1.82) is 0 Å². The second-order valence-corrected chi connectivity index (χ2v) is 13.0. The number of aliphatic carboxylic acids is 1. The standard InChI is InChI=1S/C27H32N2O8S2/c1-36-19-11-7-10-18(23(19)37-16-17-8-5-4-6-9-17)22-20-21(27(28-22,26(32)33)12-14-38-2)25(31)29(24(20)30)13-15-39(3,34)35/h4-11,20-22,28H,12-16H2,1-3H3,(H,32,33). The number of nitrogens with one attached hydrogen (secondary N) is 1. The second-order valence-electron chi connectivity index (χ2n) is 9.76. The Morgan fingerprint density at radius 1 is 1.13 bits per heavy atom. The minimum absolute atomic E-state index is 0.0876. The van der Waals surface area contributed by atoms with E-state index in [2.05, 4.69) is 5.32 Å². The zero-order valence-corrected chi connectivity index (χ0v) is 23.6. The van der Waals surface area contributed by atoms with Crippen LogP contribution in [0.2, 0.25) is 0 Å². The van der Waals surface area contributed by atoms with Crippen LogP contribution in [0.5, 0.6) is 11.5 Å². The van der Waals surface area contributed by atoms with Crippen molar-refractivity contribution in [2.24, 2.45) is 11.8 Å². The van der Waals surface area contributed by atoms with E-state index in [1.807, 2.05) is 36.6 Å². The Labute approximate surface area is 232 Å². The third-order valence-corrected chi connectivity index (χ3v) is 8.84. The monoisotopic (exact) mass is 576 g/mol. The fourth-order valence-electron chi connectivity index (χ4n) is 5.43. The number of thioether (sulfide) groups is 1. The van der Waals surface area contributed by atoms with E-state index in [0.29, 0.717) is 22.8 Å². The van der Waals surface area contributed by atoms with Crippen LogP contribution in [-0.2, 0) is 30.8 Å². The number of carbonyl (C=O) groups excluding carboxylic acids is 2. The van der Waals surface area contributed by atoms with Gasteiger partial charge in [0.25, 0.3) is 0 Å². The molecule has 0 aromatic heterocycles. The van der Waals surface area contributed by atoms with Gasteiger partial charge in [-0.05, 0) is 30.1 Å². The third kappa shape index (κ3) is 5.64. The first-order valence-electron chi connectivity index (χ1n) is 12.4. The maximum atomic E-state index is 13.7. The van der Waals surface area contributed by atoms with Crippen molar-refractivity contribution in [1.82, 2.24) is 10.2 Å². The second kappa shape index (κ2) is 11.6. The SMILES string of the molecule is COc1cccc(C2NC(CCSC)(C(=O)O)C3C(=O)N(CCS(C)(=O)=O)C(=O)C23)c1OCc1ccccc1. The Bertz CT molecular complexity index is 1350. The lowest BCUT2D eigenvalue weighted by Crippen LogP contribution is -2.56. The van der Waals surface area contributed by atoms with Gasteiger partial charge in [-0.3, -0.25) is 24.6 Å². The van der Waals surface area contributed by atoms with E-state index in [9.17, 15) is 27.9 Å². The minimum Gasteiger partial charge on any atom is -0.493 e. The molecule has 10 nitrogen and oxygen atoms in total. The number of carboxylic acid groups (broad SMARTS) is 1. The van der Waals surface area contributed by atoms with Crippen LogP contribution in [0.3, 0.4) is 0 Å². The molecular formula is C27H32N2O8S2. The number of rotatable bonds is 12. The Morgan fingerprint density at radius 3 is 2.46 bits per heavy atom. The fraction of sp³-hybridized carbons (Fsp3) is 0.444. The molecule has 2 aliphatic heterocycles. The molecule has 4 atom stereocenters. The molecule has 2 aromatic rings. The van der Waals surface area contributed by atoms with Gasteiger partial charge in [0, 0.05) is 24.4 Å². The number of para-hydroxylation sites is 1. The molecule has 0 bridgehead atoms. The van der Waals surface area contributed by atoms with Gasteiger partial charge in [-0.15, -0.1) is 0 Å². The Kier molecular flexibility index (Phi) is 8.57. The maximum absolute atomic E-state index is 13.7. The molecule has 2 saturated heterocycles. The summed E-state index contributed by atoms with van der Waals surface area (Å²) in [5, 5.41) is 13.6. The number of hydrogen-bond donors (Lipinski definition) is 2. The van der Waals surface area contributed by atoms with Crippen molar-refractivity contribution >= 4 is 39.4 Å². The van der Waals surface area contributed by atoms with E-state index in [4.69, 9.17) is 9.47 Å². The summed E-state index contributed by atoms with van der Waals surface area (Å²) in [5.41, 5.74) is -0.353. The normalized spacial score (nSPS) is 24.6. The number of likely N-dealkylation sites (tertiary alicyclic amines) is 1. The van der Waals surface area contributed by atoms with Crippen LogP contribution >= 0.6 is 11.8 Å². The molecule has 2 amide bonds. The molecule has 0 saturated carbocycles. The van der Waals surface area contributed by atoms with E-state index >= 15 is 0 Å². The summed E-state index contributed by atoms with van der Waals surface area (Å²) in [4.78, 5) is 41.1. The first kappa shape index (κ1) is 28.9. The van der Waals surface area contributed by atoms with Crippen molar-refractivity contribution < 1.29 is 37.4 Å². The number of amides is 2. The maximum Gasteiger partial charge on any atom is 0.324 e. The lowest BCUT2D eigenvalue weighted by Gasteiger charge is -2.31. The molecule has 2 N–H and O–H groups in total. The Balaban J connectivity index is 1.80. The smallest absolute Gasteiger partial charge is 0.324 e. The summed E-state index contributed by atoms with van der Waals surface area (Å²) in [6, 6.07) is 13.7. The largest absolute Gasteiger partial charge is 0.493 e. The van der Waals surface area contributed by atoms with Crippen LogP contribution in [0.15, 0.2) is 48.5 Å². The Hall–Kier alpha value is -3.09. The van der Waals surface area contributed by atoms with Gasteiger partial charge in [-0.1, -0.05) is 42.5 Å². The average Bonchev–Trinajstić information content (AvgIpc) is 3.38. The summed E-state index contributed by atoms with van der Waals surface area (Å²) < 4.78 is 35.4. The summed E-state index contributed by atoms with van der Waals surface area (Å²) in [6.45, 7) is -0.136. The molecule has 0 radical (unpaired) electrons. The number of carboxylic acids is 1. The van der Waals surface area contributed by atoms with Crippen molar-refractivity contribution in [3.63, 3.8) is 0 Å². The molecule has 39 heavy (non-hydrogen) atoms. The first-order valence-corrected chi connectivity index (χ1v) is 15.9. The predicted molar refractivity (Wildman–Crippen MR) is 146 cm³/mol. The van der Waals surface area contributed by atoms with Crippen LogP contribution in [0, 0.1) is 11.8 Å². The molecule has 2 heterocycles. The quantitative estimate of drug-likeness (QED) is 0.361. The molecule has 2 aromatic carbocycles. The van der Waals surface area contributed by atoms with Crippen LogP contribution in [0.25, 0.3) is 0 Å². The zero-order chi connectivity index (χ0) is 28.4. The molecule has 210 valence electrons. The van der Waals surface area contributed by atoms with E-state index in [0.717, 1.165) is 16.7 Å². The van der Waals surface area contributed by atoms with Gasteiger partial charge in [0.2, 0.25) is 11.8 Å². The van der Waals surface area contributed by atoms with E-state index < -0.39 is 56.8 Å². The number of nitrogens with zero attached hydrogens (tertiary/aromatic N) is 1. The van der Waals surface area contributed by atoms with Gasteiger partial charge >= 0.3 is 5.97 Å². The minimum atomic E-state index is -3.47. The number of fused-ring (bicyclic) bond motifs is 1. The lowest BCUT2D eigenvalue weighted by atomic mass is 9.78. The molecule has 2 fully saturated rings. The Morgan fingerprint density at radius 2 is 1.85 bits per heavy atom. The number of ether oxygens (including phenoxy) is 2. The van der Waals surface area contributed by atoms with E-state index in [1.165, 1.54) is 18.9 Å². The van der Waals surface area contributed by atoms with Gasteiger partial charge in [0.1, 0.15) is 22.0 Å². The molecule has 12 heteroatoms. The van der Waals surface area contributed by atoms with Crippen LogP contribution in [0.4, 0.5) is 0 Å². The van der Waals surface area contributed by atoms with Gasteiger partial charge in [-0.2, -0.15) is 11.8 Å². The summed E-state index contributed by atoms with van der Waals surface area (Å²) >= 11 is 1.43. The van der Waals surface area contributed by atoms with Crippen LogP contribution in [-0.4, -0.2) is 79.4 Å². The van der Waals surface area contributed by atoms with Gasteiger partial charge in [-0.25, -0.2) is 8.42 Å². The van der Waals surface area contributed by atoms with Gasteiger partial charge < -0.3 is 14.6 Å².